The Morgan fingerprint density at radius 1 is 1.24 bits per heavy atom. The van der Waals surface area contributed by atoms with Crippen LogP contribution in [0.1, 0.15) is 32.8 Å². The van der Waals surface area contributed by atoms with Crippen LogP contribution in [0.4, 0.5) is 18.9 Å². The minimum absolute atomic E-state index is 0.00982. The van der Waals surface area contributed by atoms with Gasteiger partial charge in [-0.3, -0.25) is 4.79 Å². The van der Waals surface area contributed by atoms with E-state index < -0.39 is 11.7 Å². The van der Waals surface area contributed by atoms with Crippen LogP contribution in [0.3, 0.4) is 0 Å². The van der Waals surface area contributed by atoms with Crippen LogP contribution in [-0.2, 0) is 11.0 Å². The highest BCUT2D eigenvalue weighted by Crippen LogP contribution is 2.32. The van der Waals surface area contributed by atoms with Crippen LogP contribution in [0.5, 0.6) is 0 Å². The maximum atomic E-state index is 12.9. The van der Waals surface area contributed by atoms with E-state index in [-0.39, 0.29) is 24.0 Å². The van der Waals surface area contributed by atoms with Crippen LogP contribution in [-0.4, -0.2) is 65.1 Å². The second-order valence-corrected chi connectivity index (χ2v) is 8.80. The minimum atomic E-state index is -4.36. The number of piperazine rings is 1. The summed E-state index contributed by atoms with van der Waals surface area (Å²) in [7, 11) is 0. The van der Waals surface area contributed by atoms with Crippen LogP contribution >= 0.6 is 12.2 Å². The number of thiocarbonyl (C=S) groups is 1. The zero-order valence-corrected chi connectivity index (χ0v) is 17.7. The number of rotatable bonds is 3. The number of nitrogens with one attached hydrogen (secondary N) is 1. The summed E-state index contributed by atoms with van der Waals surface area (Å²) in [4.78, 5) is 18.3. The van der Waals surface area contributed by atoms with E-state index >= 15 is 0 Å². The molecule has 1 atom stereocenters. The molecule has 0 aromatic heterocycles. The Bertz CT molecular complexity index is 775. The summed E-state index contributed by atoms with van der Waals surface area (Å²) in [6, 6.07) is 5.49. The largest absolute Gasteiger partial charge is 0.416 e. The molecule has 160 valence electrons. The Balaban J connectivity index is 1.57. The van der Waals surface area contributed by atoms with E-state index in [2.05, 4.69) is 26.1 Å². The van der Waals surface area contributed by atoms with E-state index in [1.165, 1.54) is 12.1 Å². The monoisotopic (exact) mass is 428 g/mol. The first-order chi connectivity index (χ1) is 13.5. The summed E-state index contributed by atoms with van der Waals surface area (Å²) in [6.07, 6.45) is -3.48. The van der Waals surface area contributed by atoms with Crippen molar-refractivity contribution in [2.45, 2.75) is 44.9 Å². The molecule has 2 aliphatic heterocycles. The predicted molar refractivity (Wildman–Crippen MR) is 111 cm³/mol. The average molecular weight is 429 g/mol. The number of anilines is 1. The zero-order chi connectivity index (χ0) is 21.4. The lowest BCUT2D eigenvalue weighted by Crippen LogP contribution is -2.62. The molecule has 1 amide bonds. The van der Waals surface area contributed by atoms with Crippen LogP contribution in [0.2, 0.25) is 0 Å². The Kier molecular flexibility index (Phi) is 5.98. The Labute approximate surface area is 174 Å². The fourth-order valence-electron chi connectivity index (χ4n) is 4.03. The van der Waals surface area contributed by atoms with Crippen molar-refractivity contribution in [2.75, 3.05) is 37.6 Å². The SMILES string of the molecule is C[C@@H]1CC(C)(C)NC(=S)N1CC(=O)N1CCN(c2cccc(C(F)(F)F)c2)CC1. The molecule has 2 saturated heterocycles. The molecule has 0 bridgehead atoms. The first kappa shape index (κ1) is 21.7. The number of carbonyl (C=O) groups is 1. The lowest BCUT2D eigenvalue weighted by molar-refractivity contribution is -0.137. The van der Waals surface area contributed by atoms with E-state index in [1.807, 2.05) is 9.80 Å². The van der Waals surface area contributed by atoms with Crippen molar-refractivity contribution in [2.24, 2.45) is 0 Å². The van der Waals surface area contributed by atoms with Crippen molar-refractivity contribution in [3.05, 3.63) is 29.8 Å². The highest BCUT2D eigenvalue weighted by Gasteiger charge is 2.35. The smallest absolute Gasteiger partial charge is 0.368 e. The molecule has 29 heavy (non-hydrogen) atoms. The maximum absolute atomic E-state index is 12.9. The molecule has 2 aliphatic rings. The summed E-state index contributed by atoms with van der Waals surface area (Å²) in [5.74, 6) is -0.00982. The molecule has 3 rings (SSSR count). The zero-order valence-electron chi connectivity index (χ0n) is 16.9. The number of nitrogens with zero attached hydrogens (tertiary/aromatic N) is 3. The van der Waals surface area contributed by atoms with Gasteiger partial charge < -0.3 is 20.0 Å². The second-order valence-electron chi connectivity index (χ2n) is 8.41. The molecule has 1 aromatic carbocycles. The summed E-state index contributed by atoms with van der Waals surface area (Å²) < 4.78 is 38.8. The van der Waals surface area contributed by atoms with Gasteiger partial charge in [0, 0.05) is 43.4 Å². The lowest BCUT2D eigenvalue weighted by Gasteiger charge is -2.45. The molecule has 0 spiro atoms. The van der Waals surface area contributed by atoms with Crippen molar-refractivity contribution >= 4 is 28.9 Å². The molecule has 1 N–H and O–H groups in total. The van der Waals surface area contributed by atoms with Crippen molar-refractivity contribution in [3.63, 3.8) is 0 Å². The third-order valence-electron chi connectivity index (χ3n) is 5.52. The van der Waals surface area contributed by atoms with Crippen LogP contribution in [0, 0.1) is 0 Å². The fraction of sp³-hybridized carbons (Fsp3) is 0.600. The van der Waals surface area contributed by atoms with Gasteiger partial charge in [0.15, 0.2) is 5.11 Å². The van der Waals surface area contributed by atoms with E-state index in [1.54, 1.807) is 11.0 Å². The van der Waals surface area contributed by atoms with Crippen molar-refractivity contribution in [1.29, 1.82) is 0 Å². The highest BCUT2D eigenvalue weighted by molar-refractivity contribution is 7.80. The van der Waals surface area contributed by atoms with Crippen molar-refractivity contribution in [3.8, 4) is 0 Å². The summed E-state index contributed by atoms with van der Waals surface area (Å²) in [6.45, 7) is 8.40. The molecule has 2 fully saturated rings. The van der Waals surface area contributed by atoms with Gasteiger partial charge in [-0.25, -0.2) is 0 Å². The van der Waals surface area contributed by atoms with Crippen LogP contribution in [0.25, 0.3) is 0 Å². The summed E-state index contributed by atoms with van der Waals surface area (Å²) >= 11 is 5.44. The molecule has 0 aliphatic carbocycles. The second kappa shape index (κ2) is 8.01. The first-order valence-corrected chi connectivity index (χ1v) is 10.2. The average Bonchev–Trinajstić information content (AvgIpc) is 2.63. The van der Waals surface area contributed by atoms with E-state index in [4.69, 9.17) is 12.2 Å². The van der Waals surface area contributed by atoms with Gasteiger partial charge in [-0.2, -0.15) is 13.2 Å². The van der Waals surface area contributed by atoms with E-state index in [9.17, 15) is 18.0 Å². The number of benzene rings is 1. The fourth-order valence-corrected chi connectivity index (χ4v) is 4.55. The number of amides is 1. The molecule has 0 radical (unpaired) electrons. The van der Waals surface area contributed by atoms with Crippen LogP contribution in [0.15, 0.2) is 24.3 Å². The number of halogens is 3. The van der Waals surface area contributed by atoms with E-state index in [0.29, 0.717) is 37.0 Å². The van der Waals surface area contributed by atoms with Gasteiger partial charge >= 0.3 is 6.18 Å². The minimum Gasteiger partial charge on any atom is -0.368 e. The van der Waals surface area contributed by atoms with Gasteiger partial charge in [0.05, 0.1) is 12.1 Å². The number of hydrogen-bond acceptors (Lipinski definition) is 3. The Hall–Kier alpha value is -2.03. The Morgan fingerprint density at radius 2 is 1.90 bits per heavy atom. The molecule has 2 heterocycles. The quantitative estimate of drug-likeness (QED) is 0.749. The van der Waals surface area contributed by atoms with Gasteiger partial charge in [0.1, 0.15) is 0 Å². The molecular weight excluding hydrogens is 401 g/mol. The van der Waals surface area contributed by atoms with Gasteiger partial charge in [0.2, 0.25) is 5.91 Å². The number of alkyl halides is 3. The summed E-state index contributed by atoms with van der Waals surface area (Å²) in [5, 5.41) is 3.86. The third kappa shape index (κ3) is 5.12. The predicted octanol–water partition coefficient (Wildman–Crippen LogP) is 3.10. The van der Waals surface area contributed by atoms with E-state index in [0.717, 1.165) is 12.5 Å². The first-order valence-electron chi connectivity index (χ1n) is 9.75. The lowest BCUT2D eigenvalue weighted by atomic mass is 9.93. The molecule has 0 unspecified atom stereocenters. The molecule has 5 nitrogen and oxygen atoms in total. The number of carbonyl (C=O) groups excluding carboxylic acids is 1. The Morgan fingerprint density at radius 3 is 2.48 bits per heavy atom. The maximum Gasteiger partial charge on any atom is 0.416 e. The van der Waals surface area contributed by atoms with Gasteiger partial charge in [0.25, 0.3) is 0 Å². The standard InChI is InChI=1S/C20H27F3N4OS/c1-14-12-19(2,3)24-18(29)27(14)13-17(28)26-9-7-25(8-10-26)16-6-4-5-15(11-16)20(21,22)23/h4-6,11,14H,7-10,12-13H2,1-3H3,(H,24,29)/t14-/m1/s1. The normalized spacial score (nSPS) is 22.5. The summed E-state index contributed by atoms with van der Waals surface area (Å²) in [5.41, 5.74) is -0.215. The van der Waals surface area contributed by atoms with Crippen molar-refractivity contribution < 1.29 is 18.0 Å². The number of hydrogen-bond donors (Lipinski definition) is 1. The van der Waals surface area contributed by atoms with Gasteiger partial charge in [-0.05, 0) is 57.6 Å². The van der Waals surface area contributed by atoms with Crippen molar-refractivity contribution in [1.82, 2.24) is 15.1 Å². The topological polar surface area (TPSA) is 38.8 Å². The highest BCUT2D eigenvalue weighted by atomic mass is 32.1. The molecule has 9 heteroatoms. The van der Waals surface area contributed by atoms with Crippen LogP contribution < -0.4 is 10.2 Å². The molecular formula is C20H27F3N4OS. The molecule has 0 saturated carbocycles. The third-order valence-corrected chi connectivity index (χ3v) is 5.86. The molecule has 1 aromatic rings. The van der Waals surface area contributed by atoms with Gasteiger partial charge in [-0.15, -0.1) is 0 Å². The van der Waals surface area contributed by atoms with Gasteiger partial charge in [-0.1, -0.05) is 6.07 Å².